The zero-order valence-electron chi connectivity index (χ0n) is 10.5. The summed E-state index contributed by atoms with van der Waals surface area (Å²) in [5.74, 6) is -0.748. The van der Waals surface area contributed by atoms with Crippen LogP contribution in [0, 0.1) is 22.7 Å². The van der Waals surface area contributed by atoms with Crippen LogP contribution in [0.1, 0.15) is 40.0 Å². The highest BCUT2D eigenvalue weighted by Crippen LogP contribution is 2.33. The fraction of sp³-hybridized carbons (Fsp3) is 0.750. The van der Waals surface area contributed by atoms with Crippen molar-refractivity contribution in [3.05, 3.63) is 0 Å². The Labute approximate surface area is 101 Å². The third kappa shape index (κ3) is 6.69. The van der Waals surface area contributed by atoms with Gasteiger partial charge >= 0.3 is 12.4 Å². The molecule has 0 fully saturated rings. The van der Waals surface area contributed by atoms with Gasteiger partial charge in [-0.2, -0.15) is 5.26 Å². The molecular weight excluding hydrogens is 222 g/mol. The summed E-state index contributed by atoms with van der Waals surface area (Å²) < 4.78 is 4.24. The molecule has 0 rings (SSSR count). The molecule has 0 aromatic carbocycles. The Morgan fingerprint density at radius 3 is 2.53 bits per heavy atom. The molecule has 96 valence electrons. The van der Waals surface area contributed by atoms with Crippen molar-refractivity contribution in [1.29, 1.82) is 5.26 Å². The Bertz CT molecular complexity index is 301. The molecule has 2 atom stereocenters. The Morgan fingerprint density at radius 2 is 2.12 bits per heavy atom. The lowest BCUT2D eigenvalue weighted by atomic mass is 9.75. The van der Waals surface area contributed by atoms with E-state index in [4.69, 9.17) is 5.26 Å². The number of aliphatic hydroxyl groups is 1. The van der Waals surface area contributed by atoms with Gasteiger partial charge in [-0.15, -0.1) is 0 Å². The van der Waals surface area contributed by atoms with Gasteiger partial charge in [0.05, 0.1) is 18.6 Å². The standard InChI is InChI=1S/C12H19NO4/c1-12(2,3)9(6-10(15)4-5-13)7-11(16)17-8-14/h8-10,15H,4,6-7H2,1-3H3. The van der Waals surface area contributed by atoms with E-state index in [1.807, 2.05) is 26.8 Å². The van der Waals surface area contributed by atoms with Crippen LogP contribution < -0.4 is 0 Å². The number of nitriles is 1. The molecule has 0 spiro atoms. The van der Waals surface area contributed by atoms with Crippen LogP contribution in [-0.2, 0) is 14.3 Å². The molecule has 0 bridgehead atoms. The third-order valence-corrected chi connectivity index (χ3v) is 2.70. The number of hydrogen-bond donors (Lipinski definition) is 1. The first kappa shape index (κ1) is 15.6. The smallest absolute Gasteiger partial charge is 0.313 e. The first-order valence-corrected chi connectivity index (χ1v) is 5.49. The van der Waals surface area contributed by atoms with Gasteiger partial charge in [0.15, 0.2) is 0 Å². The molecule has 5 heteroatoms. The SMILES string of the molecule is CC(C)(C)C(CC(=O)OC=O)CC(O)CC#N. The molecule has 0 radical (unpaired) electrons. The number of carbonyl (C=O) groups excluding carboxylic acids is 2. The topological polar surface area (TPSA) is 87.4 Å². The molecule has 0 aliphatic heterocycles. The average Bonchev–Trinajstić information content (AvgIpc) is 2.16. The summed E-state index contributed by atoms with van der Waals surface area (Å²) >= 11 is 0. The molecule has 1 N–H and O–H groups in total. The third-order valence-electron chi connectivity index (χ3n) is 2.70. The predicted molar refractivity (Wildman–Crippen MR) is 60.6 cm³/mol. The van der Waals surface area contributed by atoms with Crippen LogP contribution in [-0.4, -0.2) is 23.7 Å². The van der Waals surface area contributed by atoms with Gasteiger partial charge in [-0.3, -0.25) is 9.59 Å². The van der Waals surface area contributed by atoms with E-state index in [2.05, 4.69) is 4.74 Å². The maximum atomic E-state index is 11.2. The minimum atomic E-state index is -0.756. The monoisotopic (exact) mass is 241 g/mol. The largest absolute Gasteiger partial charge is 0.395 e. The molecule has 0 heterocycles. The fourth-order valence-corrected chi connectivity index (χ4v) is 1.56. The summed E-state index contributed by atoms with van der Waals surface area (Å²) in [7, 11) is 0. The minimum Gasteiger partial charge on any atom is -0.395 e. The highest BCUT2D eigenvalue weighted by molar-refractivity contribution is 5.76. The predicted octanol–water partition coefficient (Wildman–Crippen LogP) is 1.40. The van der Waals surface area contributed by atoms with Gasteiger partial charge in [-0.1, -0.05) is 20.8 Å². The van der Waals surface area contributed by atoms with Crippen molar-refractivity contribution < 1.29 is 19.4 Å². The second kappa shape index (κ2) is 7.02. The van der Waals surface area contributed by atoms with Gasteiger partial charge in [0.1, 0.15) is 0 Å². The second-order valence-corrected chi connectivity index (χ2v) is 5.10. The van der Waals surface area contributed by atoms with Crippen LogP contribution in [0.3, 0.4) is 0 Å². The van der Waals surface area contributed by atoms with Gasteiger partial charge < -0.3 is 9.84 Å². The normalized spacial score (nSPS) is 14.5. The van der Waals surface area contributed by atoms with Crippen molar-refractivity contribution >= 4 is 12.4 Å². The van der Waals surface area contributed by atoms with Crippen molar-refractivity contribution in [3.63, 3.8) is 0 Å². The molecule has 17 heavy (non-hydrogen) atoms. The molecule has 0 saturated heterocycles. The number of ether oxygens (including phenoxy) is 1. The van der Waals surface area contributed by atoms with E-state index in [9.17, 15) is 14.7 Å². The average molecular weight is 241 g/mol. The van der Waals surface area contributed by atoms with Crippen molar-refractivity contribution in [1.82, 2.24) is 0 Å². The van der Waals surface area contributed by atoms with Crippen LogP contribution in [0.2, 0.25) is 0 Å². The van der Waals surface area contributed by atoms with Crippen LogP contribution in [0.15, 0.2) is 0 Å². The van der Waals surface area contributed by atoms with E-state index >= 15 is 0 Å². The highest BCUT2D eigenvalue weighted by atomic mass is 16.6. The molecule has 5 nitrogen and oxygen atoms in total. The van der Waals surface area contributed by atoms with E-state index in [0.717, 1.165) is 0 Å². The number of esters is 1. The van der Waals surface area contributed by atoms with Crippen LogP contribution in [0.5, 0.6) is 0 Å². The molecular formula is C12H19NO4. The number of aliphatic hydroxyl groups excluding tert-OH is 1. The van der Waals surface area contributed by atoms with Crippen LogP contribution in [0.25, 0.3) is 0 Å². The molecule has 2 unspecified atom stereocenters. The summed E-state index contributed by atoms with van der Waals surface area (Å²) in [6.07, 6.45) is -0.321. The molecule has 0 amide bonds. The van der Waals surface area contributed by atoms with Gasteiger partial charge in [0.2, 0.25) is 0 Å². The molecule has 0 aromatic rings. The molecule has 0 aliphatic carbocycles. The van der Waals surface area contributed by atoms with Gasteiger partial charge in [0.25, 0.3) is 0 Å². The zero-order chi connectivity index (χ0) is 13.5. The summed E-state index contributed by atoms with van der Waals surface area (Å²) in [4.78, 5) is 21.3. The van der Waals surface area contributed by atoms with Crippen molar-refractivity contribution in [3.8, 4) is 6.07 Å². The fourth-order valence-electron chi connectivity index (χ4n) is 1.56. The Morgan fingerprint density at radius 1 is 1.53 bits per heavy atom. The number of hydrogen-bond acceptors (Lipinski definition) is 5. The number of carbonyl (C=O) groups is 2. The number of nitrogens with zero attached hydrogens (tertiary/aromatic N) is 1. The minimum absolute atomic E-state index is 0.0370. The zero-order valence-corrected chi connectivity index (χ0v) is 10.5. The van der Waals surface area contributed by atoms with Gasteiger partial charge in [0, 0.05) is 6.42 Å². The Kier molecular flexibility index (Phi) is 6.44. The van der Waals surface area contributed by atoms with Crippen molar-refractivity contribution in [2.45, 2.75) is 46.1 Å². The summed E-state index contributed by atoms with van der Waals surface area (Å²) in [6.45, 7) is 5.91. The summed E-state index contributed by atoms with van der Waals surface area (Å²) in [5, 5.41) is 18.1. The van der Waals surface area contributed by atoms with E-state index in [1.54, 1.807) is 0 Å². The van der Waals surface area contributed by atoms with Gasteiger partial charge in [-0.05, 0) is 17.8 Å². The Balaban J connectivity index is 4.51. The maximum Gasteiger partial charge on any atom is 0.313 e. The maximum absolute atomic E-state index is 11.2. The first-order chi connectivity index (χ1) is 7.81. The van der Waals surface area contributed by atoms with E-state index < -0.39 is 12.1 Å². The van der Waals surface area contributed by atoms with Crippen LogP contribution >= 0.6 is 0 Å². The van der Waals surface area contributed by atoms with E-state index in [-0.39, 0.29) is 30.6 Å². The molecule has 0 aliphatic rings. The highest BCUT2D eigenvalue weighted by Gasteiger charge is 2.29. The summed E-state index contributed by atoms with van der Waals surface area (Å²) in [5.41, 5.74) is -0.210. The Hall–Kier alpha value is -1.41. The van der Waals surface area contributed by atoms with Crippen LogP contribution in [0.4, 0.5) is 0 Å². The van der Waals surface area contributed by atoms with Crippen molar-refractivity contribution in [2.24, 2.45) is 11.3 Å². The van der Waals surface area contributed by atoms with Crippen molar-refractivity contribution in [2.75, 3.05) is 0 Å². The molecule has 0 aromatic heterocycles. The number of rotatable bonds is 6. The first-order valence-electron chi connectivity index (χ1n) is 5.49. The van der Waals surface area contributed by atoms with Gasteiger partial charge in [-0.25, -0.2) is 0 Å². The van der Waals surface area contributed by atoms with E-state index in [0.29, 0.717) is 6.42 Å². The molecule has 0 saturated carbocycles. The van der Waals surface area contributed by atoms with E-state index in [1.165, 1.54) is 0 Å². The lowest BCUT2D eigenvalue weighted by molar-refractivity contribution is -0.153. The second-order valence-electron chi connectivity index (χ2n) is 5.10. The lowest BCUT2D eigenvalue weighted by Gasteiger charge is -2.31. The quantitative estimate of drug-likeness (QED) is 0.431. The lowest BCUT2D eigenvalue weighted by Crippen LogP contribution is -2.28. The summed E-state index contributed by atoms with van der Waals surface area (Å²) in [6, 6.07) is 1.88.